The predicted molar refractivity (Wildman–Crippen MR) is 84.4 cm³/mol. The van der Waals surface area contributed by atoms with Crippen molar-refractivity contribution in [1.82, 2.24) is 4.90 Å². The predicted octanol–water partition coefficient (Wildman–Crippen LogP) is 3.99. The fourth-order valence-corrected chi connectivity index (χ4v) is 3.05. The van der Waals surface area contributed by atoms with Crippen molar-refractivity contribution in [2.45, 2.75) is 59.0 Å². The van der Waals surface area contributed by atoms with E-state index in [0.717, 1.165) is 34.9 Å². The smallest absolute Gasteiger partial charge is 0.227 e. The highest BCUT2D eigenvalue weighted by Gasteiger charge is 2.34. The Bertz CT molecular complexity index is 678. The Labute approximate surface area is 125 Å². The molecule has 1 fully saturated rings. The summed E-state index contributed by atoms with van der Waals surface area (Å²) in [6.45, 7) is 8.33. The third kappa shape index (κ3) is 2.57. The van der Waals surface area contributed by atoms with E-state index in [-0.39, 0.29) is 11.9 Å². The largest absolute Gasteiger partial charge is 0.464 e. The fraction of sp³-hybridized carbons (Fsp3) is 0.500. The summed E-state index contributed by atoms with van der Waals surface area (Å²) < 4.78 is 5.71. The van der Waals surface area contributed by atoms with E-state index >= 15 is 0 Å². The lowest BCUT2D eigenvalue weighted by atomic mass is 10.0. The minimum absolute atomic E-state index is 0.216. The molecule has 3 nitrogen and oxygen atoms in total. The molecule has 1 aromatic heterocycles. The highest BCUT2D eigenvalue weighted by molar-refractivity contribution is 5.89. The second kappa shape index (κ2) is 5.21. The SMILES string of the molecule is Cc1ccc2c(CC(=O)N(C(C)C)C3CC3)coc2c1C. The van der Waals surface area contributed by atoms with Gasteiger partial charge in [-0.15, -0.1) is 0 Å². The number of fused-ring (bicyclic) bond motifs is 1. The molecule has 0 spiro atoms. The van der Waals surface area contributed by atoms with Crippen LogP contribution in [0.4, 0.5) is 0 Å². The van der Waals surface area contributed by atoms with Crippen LogP contribution in [0.3, 0.4) is 0 Å². The van der Waals surface area contributed by atoms with Gasteiger partial charge in [0.05, 0.1) is 12.7 Å². The Morgan fingerprint density at radius 1 is 1.33 bits per heavy atom. The number of furan rings is 1. The first kappa shape index (κ1) is 14.2. The zero-order valence-corrected chi connectivity index (χ0v) is 13.3. The van der Waals surface area contributed by atoms with E-state index in [9.17, 15) is 4.79 Å². The Hall–Kier alpha value is -1.77. The molecule has 21 heavy (non-hydrogen) atoms. The maximum atomic E-state index is 12.6. The number of rotatable bonds is 4. The maximum Gasteiger partial charge on any atom is 0.227 e. The Balaban J connectivity index is 1.88. The van der Waals surface area contributed by atoms with Crippen molar-refractivity contribution in [2.24, 2.45) is 0 Å². The van der Waals surface area contributed by atoms with Crippen molar-refractivity contribution in [3.05, 3.63) is 35.1 Å². The monoisotopic (exact) mass is 285 g/mol. The molecule has 0 unspecified atom stereocenters. The Morgan fingerprint density at radius 3 is 2.67 bits per heavy atom. The normalized spacial score (nSPS) is 14.9. The highest BCUT2D eigenvalue weighted by Crippen LogP contribution is 2.31. The lowest BCUT2D eigenvalue weighted by Crippen LogP contribution is -2.39. The average molecular weight is 285 g/mol. The van der Waals surface area contributed by atoms with Gasteiger partial charge in [-0.25, -0.2) is 0 Å². The summed E-state index contributed by atoms with van der Waals surface area (Å²) in [5.74, 6) is 0.216. The third-order valence-electron chi connectivity index (χ3n) is 4.47. The van der Waals surface area contributed by atoms with Crippen molar-refractivity contribution in [1.29, 1.82) is 0 Å². The molecule has 0 atom stereocenters. The van der Waals surface area contributed by atoms with Gasteiger partial charge in [0.25, 0.3) is 0 Å². The van der Waals surface area contributed by atoms with Crippen LogP contribution in [0.5, 0.6) is 0 Å². The van der Waals surface area contributed by atoms with Crippen molar-refractivity contribution >= 4 is 16.9 Å². The van der Waals surface area contributed by atoms with Crippen molar-refractivity contribution < 1.29 is 9.21 Å². The van der Waals surface area contributed by atoms with Crippen LogP contribution < -0.4 is 0 Å². The summed E-state index contributed by atoms with van der Waals surface area (Å²) in [6, 6.07) is 4.90. The zero-order chi connectivity index (χ0) is 15.1. The van der Waals surface area contributed by atoms with Crippen LogP contribution in [0, 0.1) is 13.8 Å². The lowest BCUT2D eigenvalue weighted by Gasteiger charge is -2.26. The number of aryl methyl sites for hydroxylation is 2. The van der Waals surface area contributed by atoms with Gasteiger partial charge in [-0.1, -0.05) is 12.1 Å². The highest BCUT2D eigenvalue weighted by atomic mass is 16.3. The van der Waals surface area contributed by atoms with Gasteiger partial charge in [0.1, 0.15) is 5.58 Å². The maximum absolute atomic E-state index is 12.6. The van der Waals surface area contributed by atoms with Crippen LogP contribution in [0.2, 0.25) is 0 Å². The topological polar surface area (TPSA) is 33.5 Å². The summed E-state index contributed by atoms with van der Waals surface area (Å²) >= 11 is 0. The number of hydrogen-bond acceptors (Lipinski definition) is 2. The zero-order valence-electron chi connectivity index (χ0n) is 13.3. The van der Waals surface area contributed by atoms with Crippen molar-refractivity contribution in [3.8, 4) is 0 Å². The molecule has 0 bridgehead atoms. The van der Waals surface area contributed by atoms with Gasteiger partial charge in [0, 0.05) is 23.0 Å². The number of amides is 1. The summed E-state index contributed by atoms with van der Waals surface area (Å²) in [4.78, 5) is 14.7. The van der Waals surface area contributed by atoms with Gasteiger partial charge in [0.15, 0.2) is 0 Å². The summed E-state index contributed by atoms with van der Waals surface area (Å²) in [6.07, 6.45) is 4.48. The molecule has 1 saturated carbocycles. The average Bonchev–Trinajstić information content (AvgIpc) is 3.15. The lowest BCUT2D eigenvalue weighted by molar-refractivity contribution is -0.132. The number of hydrogen-bond donors (Lipinski definition) is 0. The molecule has 1 aliphatic carbocycles. The van der Waals surface area contributed by atoms with Crippen LogP contribution >= 0.6 is 0 Å². The van der Waals surface area contributed by atoms with Gasteiger partial charge in [-0.3, -0.25) is 4.79 Å². The van der Waals surface area contributed by atoms with Crippen LogP contribution in [-0.4, -0.2) is 22.9 Å². The second-order valence-corrected chi connectivity index (χ2v) is 6.45. The molecule has 1 aliphatic rings. The minimum Gasteiger partial charge on any atom is -0.464 e. The van der Waals surface area contributed by atoms with E-state index < -0.39 is 0 Å². The molecule has 0 saturated heterocycles. The molecule has 1 amide bonds. The van der Waals surface area contributed by atoms with E-state index in [2.05, 4.69) is 39.8 Å². The van der Waals surface area contributed by atoms with Crippen molar-refractivity contribution in [3.63, 3.8) is 0 Å². The molecule has 1 aromatic carbocycles. The standard InChI is InChI=1S/C18H23NO2/c1-11(2)19(15-6-7-15)17(20)9-14-10-21-18-13(4)12(3)5-8-16(14)18/h5,8,10-11,15H,6-7,9H2,1-4H3. The molecule has 3 heteroatoms. The molecule has 1 heterocycles. The summed E-state index contributed by atoms with van der Waals surface area (Å²) in [5, 5.41) is 1.07. The van der Waals surface area contributed by atoms with E-state index in [0.29, 0.717) is 12.5 Å². The van der Waals surface area contributed by atoms with E-state index in [4.69, 9.17) is 4.42 Å². The van der Waals surface area contributed by atoms with Gasteiger partial charge in [-0.05, 0) is 51.7 Å². The molecule has 112 valence electrons. The van der Waals surface area contributed by atoms with E-state index in [1.54, 1.807) is 6.26 Å². The number of carbonyl (C=O) groups excluding carboxylic acids is 1. The Morgan fingerprint density at radius 2 is 2.05 bits per heavy atom. The first-order chi connectivity index (χ1) is 9.99. The molecule has 3 rings (SSSR count). The van der Waals surface area contributed by atoms with Gasteiger partial charge >= 0.3 is 0 Å². The van der Waals surface area contributed by atoms with Crippen LogP contribution in [-0.2, 0) is 11.2 Å². The van der Waals surface area contributed by atoms with Crippen molar-refractivity contribution in [2.75, 3.05) is 0 Å². The number of nitrogens with zero attached hydrogens (tertiary/aromatic N) is 1. The summed E-state index contributed by atoms with van der Waals surface area (Å²) in [5.41, 5.74) is 4.30. The van der Waals surface area contributed by atoms with Gasteiger partial charge in [0.2, 0.25) is 5.91 Å². The van der Waals surface area contributed by atoms with Crippen LogP contribution in [0.15, 0.2) is 22.8 Å². The van der Waals surface area contributed by atoms with Gasteiger partial charge < -0.3 is 9.32 Å². The Kier molecular flexibility index (Phi) is 3.52. The molecule has 2 aromatic rings. The first-order valence-corrected chi connectivity index (χ1v) is 7.76. The third-order valence-corrected chi connectivity index (χ3v) is 4.47. The van der Waals surface area contributed by atoms with Crippen LogP contribution in [0.1, 0.15) is 43.4 Å². The van der Waals surface area contributed by atoms with Crippen LogP contribution in [0.25, 0.3) is 11.0 Å². The molecule has 0 radical (unpaired) electrons. The fourth-order valence-electron chi connectivity index (χ4n) is 3.05. The number of benzene rings is 1. The summed E-state index contributed by atoms with van der Waals surface area (Å²) in [7, 11) is 0. The quantitative estimate of drug-likeness (QED) is 0.851. The number of carbonyl (C=O) groups is 1. The second-order valence-electron chi connectivity index (χ2n) is 6.45. The molecule has 0 aliphatic heterocycles. The molecular weight excluding hydrogens is 262 g/mol. The minimum atomic E-state index is 0.216. The molecule has 0 N–H and O–H groups in total. The first-order valence-electron chi connectivity index (χ1n) is 7.76. The van der Waals surface area contributed by atoms with E-state index in [1.807, 2.05) is 4.90 Å². The van der Waals surface area contributed by atoms with E-state index in [1.165, 1.54) is 5.56 Å². The molecular formula is C18H23NO2. The van der Waals surface area contributed by atoms with Gasteiger partial charge in [-0.2, -0.15) is 0 Å².